The highest BCUT2D eigenvalue weighted by Gasteiger charge is 2.21. The van der Waals surface area contributed by atoms with Crippen molar-refractivity contribution in [2.75, 3.05) is 10.5 Å². The molecule has 0 saturated heterocycles. The van der Waals surface area contributed by atoms with Crippen LogP contribution in [-0.2, 0) is 10.0 Å². The van der Waals surface area contributed by atoms with E-state index in [2.05, 4.69) is 20.7 Å². The zero-order valence-electron chi connectivity index (χ0n) is 9.90. The summed E-state index contributed by atoms with van der Waals surface area (Å²) in [5, 5.41) is 0.521. The molecule has 0 aliphatic rings. The molecular weight excluding hydrogens is 387 g/mol. The van der Waals surface area contributed by atoms with Crippen LogP contribution in [0, 0.1) is 0 Å². The lowest BCUT2D eigenvalue weighted by atomic mass is 10.3. The summed E-state index contributed by atoms with van der Waals surface area (Å²) >= 11 is 14.9. The second kappa shape index (κ2) is 5.81. The van der Waals surface area contributed by atoms with E-state index in [1.165, 1.54) is 12.1 Å². The van der Waals surface area contributed by atoms with Crippen LogP contribution >= 0.6 is 39.1 Å². The van der Waals surface area contributed by atoms with Gasteiger partial charge in [-0.05, 0) is 40.2 Å². The Hall–Kier alpha value is -0.950. The van der Waals surface area contributed by atoms with Crippen molar-refractivity contribution in [1.29, 1.82) is 0 Å². The Bertz CT molecular complexity index is 766. The van der Waals surface area contributed by atoms with Crippen molar-refractivity contribution in [1.82, 2.24) is 0 Å². The molecule has 106 valence electrons. The third-order valence-electron chi connectivity index (χ3n) is 2.44. The van der Waals surface area contributed by atoms with Gasteiger partial charge in [-0.25, -0.2) is 8.42 Å². The molecule has 0 bridgehead atoms. The van der Waals surface area contributed by atoms with Gasteiger partial charge in [0, 0.05) is 10.7 Å². The van der Waals surface area contributed by atoms with Gasteiger partial charge >= 0.3 is 0 Å². The van der Waals surface area contributed by atoms with Crippen LogP contribution in [-0.4, -0.2) is 8.42 Å². The molecule has 4 nitrogen and oxygen atoms in total. The average molecular weight is 396 g/mol. The van der Waals surface area contributed by atoms with Gasteiger partial charge in [-0.1, -0.05) is 35.3 Å². The molecular formula is C12H9BrCl2N2O2S. The minimum absolute atomic E-state index is 0.0533. The van der Waals surface area contributed by atoms with E-state index in [9.17, 15) is 8.42 Å². The lowest BCUT2D eigenvalue weighted by molar-refractivity contribution is 0.601. The number of anilines is 2. The first-order chi connectivity index (χ1) is 9.31. The van der Waals surface area contributed by atoms with Crippen molar-refractivity contribution >= 4 is 60.5 Å². The fourth-order valence-corrected chi connectivity index (χ4v) is 4.14. The molecule has 0 spiro atoms. The molecule has 0 aliphatic heterocycles. The van der Waals surface area contributed by atoms with Gasteiger partial charge in [-0.3, -0.25) is 4.72 Å². The van der Waals surface area contributed by atoms with Crippen LogP contribution in [0.2, 0.25) is 10.0 Å². The molecule has 20 heavy (non-hydrogen) atoms. The number of hydrogen-bond donors (Lipinski definition) is 2. The summed E-state index contributed by atoms with van der Waals surface area (Å²) in [6.45, 7) is 0. The molecule has 0 saturated carbocycles. The smallest absolute Gasteiger partial charge is 0.263 e. The van der Waals surface area contributed by atoms with Crippen LogP contribution < -0.4 is 10.5 Å². The summed E-state index contributed by atoms with van der Waals surface area (Å²) in [7, 11) is -3.86. The molecule has 0 amide bonds. The van der Waals surface area contributed by atoms with Crippen molar-refractivity contribution < 1.29 is 8.42 Å². The molecule has 2 rings (SSSR count). The van der Waals surface area contributed by atoms with E-state index >= 15 is 0 Å². The van der Waals surface area contributed by atoms with E-state index in [4.69, 9.17) is 28.9 Å². The molecule has 0 aromatic heterocycles. The highest BCUT2D eigenvalue weighted by molar-refractivity contribution is 9.10. The maximum Gasteiger partial charge on any atom is 0.263 e. The highest BCUT2D eigenvalue weighted by atomic mass is 79.9. The first kappa shape index (κ1) is 15.4. The molecule has 0 fully saturated rings. The molecule has 2 aromatic rings. The van der Waals surface area contributed by atoms with Gasteiger partial charge in [0.1, 0.15) is 4.90 Å². The number of nitrogens with one attached hydrogen (secondary N) is 1. The Balaban J connectivity index is 2.49. The van der Waals surface area contributed by atoms with Gasteiger partial charge in [0.25, 0.3) is 10.0 Å². The van der Waals surface area contributed by atoms with Crippen molar-refractivity contribution in [3.63, 3.8) is 0 Å². The van der Waals surface area contributed by atoms with Crippen LogP contribution in [0.3, 0.4) is 0 Å². The summed E-state index contributed by atoms with van der Waals surface area (Å²) in [5.41, 5.74) is 6.20. The van der Waals surface area contributed by atoms with Crippen molar-refractivity contribution in [3.8, 4) is 0 Å². The van der Waals surface area contributed by atoms with Crippen LogP contribution in [0.1, 0.15) is 0 Å². The molecule has 0 heterocycles. The highest BCUT2D eigenvalue weighted by Crippen LogP contribution is 2.33. The normalized spacial score (nSPS) is 11.3. The van der Waals surface area contributed by atoms with E-state index in [1.807, 2.05) is 0 Å². The zero-order valence-corrected chi connectivity index (χ0v) is 13.8. The van der Waals surface area contributed by atoms with E-state index < -0.39 is 10.0 Å². The fraction of sp³-hybridized carbons (Fsp3) is 0. The van der Waals surface area contributed by atoms with Gasteiger partial charge in [0.05, 0.1) is 15.2 Å². The maximum atomic E-state index is 12.4. The molecule has 0 unspecified atom stereocenters. The number of sulfonamides is 1. The average Bonchev–Trinajstić information content (AvgIpc) is 2.36. The lowest BCUT2D eigenvalue weighted by Crippen LogP contribution is -2.14. The summed E-state index contributed by atoms with van der Waals surface area (Å²) < 4.78 is 27.4. The number of benzene rings is 2. The Morgan fingerprint density at radius 2 is 1.80 bits per heavy atom. The van der Waals surface area contributed by atoms with Gasteiger partial charge in [-0.2, -0.15) is 0 Å². The summed E-state index contributed by atoms with van der Waals surface area (Å²) in [4.78, 5) is -0.0533. The summed E-state index contributed by atoms with van der Waals surface area (Å²) in [6, 6.07) is 9.28. The number of nitrogen functional groups attached to an aromatic ring is 1. The minimum Gasteiger partial charge on any atom is -0.398 e. The molecule has 0 radical (unpaired) electrons. The van der Waals surface area contributed by atoms with Crippen molar-refractivity contribution in [2.45, 2.75) is 4.90 Å². The van der Waals surface area contributed by atoms with Crippen molar-refractivity contribution in [2.24, 2.45) is 0 Å². The van der Waals surface area contributed by atoms with E-state index in [0.717, 1.165) is 0 Å². The Morgan fingerprint density at radius 3 is 2.45 bits per heavy atom. The largest absolute Gasteiger partial charge is 0.398 e. The van der Waals surface area contributed by atoms with Crippen LogP contribution in [0.4, 0.5) is 11.4 Å². The SMILES string of the molecule is Nc1cc(Cl)cc(S(=O)(=O)Nc2ccccc2Cl)c1Br. The molecule has 8 heteroatoms. The third kappa shape index (κ3) is 3.20. The number of halogens is 3. The molecule has 0 atom stereocenters. The second-order valence-electron chi connectivity index (χ2n) is 3.89. The van der Waals surface area contributed by atoms with Crippen LogP contribution in [0.15, 0.2) is 45.8 Å². The van der Waals surface area contributed by atoms with Gasteiger partial charge < -0.3 is 5.73 Å². The standard InChI is InChI=1S/C12H9BrCl2N2O2S/c13-12-9(16)5-7(14)6-11(12)20(18,19)17-10-4-2-1-3-8(10)15/h1-6,17H,16H2. The molecule has 0 aliphatic carbocycles. The van der Waals surface area contributed by atoms with Gasteiger partial charge in [0.15, 0.2) is 0 Å². The quantitative estimate of drug-likeness (QED) is 0.767. The first-order valence-electron chi connectivity index (χ1n) is 5.33. The van der Waals surface area contributed by atoms with Gasteiger partial charge in [0.2, 0.25) is 0 Å². The van der Waals surface area contributed by atoms with Gasteiger partial charge in [-0.15, -0.1) is 0 Å². The van der Waals surface area contributed by atoms with E-state index in [1.54, 1.807) is 24.3 Å². The zero-order chi connectivity index (χ0) is 14.9. The fourth-order valence-electron chi connectivity index (χ4n) is 1.52. The maximum absolute atomic E-state index is 12.4. The van der Waals surface area contributed by atoms with Crippen molar-refractivity contribution in [3.05, 3.63) is 50.9 Å². The predicted octanol–water partition coefficient (Wildman–Crippen LogP) is 4.14. The number of rotatable bonds is 3. The Labute approximate surface area is 135 Å². The summed E-state index contributed by atoms with van der Waals surface area (Å²) in [5.74, 6) is 0. The first-order valence-corrected chi connectivity index (χ1v) is 8.36. The third-order valence-corrected chi connectivity index (χ3v) is 5.52. The summed E-state index contributed by atoms with van der Waals surface area (Å²) in [6.07, 6.45) is 0. The van der Waals surface area contributed by atoms with E-state index in [-0.39, 0.29) is 25.8 Å². The predicted molar refractivity (Wildman–Crippen MR) is 85.8 cm³/mol. The van der Waals surface area contributed by atoms with Crippen LogP contribution in [0.5, 0.6) is 0 Å². The molecule has 2 aromatic carbocycles. The minimum atomic E-state index is -3.86. The topological polar surface area (TPSA) is 72.2 Å². The van der Waals surface area contributed by atoms with Crippen LogP contribution in [0.25, 0.3) is 0 Å². The second-order valence-corrected chi connectivity index (χ2v) is 7.18. The Morgan fingerprint density at radius 1 is 1.15 bits per heavy atom. The number of hydrogen-bond acceptors (Lipinski definition) is 3. The van der Waals surface area contributed by atoms with E-state index in [0.29, 0.717) is 5.02 Å². The number of nitrogens with two attached hydrogens (primary N) is 1. The monoisotopic (exact) mass is 394 g/mol. The Kier molecular flexibility index (Phi) is 4.49. The number of para-hydroxylation sites is 1. The lowest BCUT2D eigenvalue weighted by Gasteiger charge is -2.12. The molecule has 3 N–H and O–H groups in total.